The quantitative estimate of drug-likeness (QED) is 0.553. The van der Waals surface area contributed by atoms with E-state index in [1.165, 1.54) is 7.11 Å². The van der Waals surface area contributed by atoms with Gasteiger partial charge in [-0.2, -0.15) is 0 Å². The highest BCUT2D eigenvalue weighted by Crippen LogP contribution is 2.18. The molecule has 1 amide bonds. The number of ether oxygens (including phenoxy) is 2. The Morgan fingerprint density at radius 1 is 1.25 bits per heavy atom. The first-order chi connectivity index (χ1) is 11.4. The first-order valence-corrected chi connectivity index (χ1v) is 8.22. The van der Waals surface area contributed by atoms with Crippen molar-refractivity contribution in [2.45, 2.75) is 33.1 Å². The van der Waals surface area contributed by atoms with Crippen molar-refractivity contribution in [1.82, 2.24) is 5.32 Å². The van der Waals surface area contributed by atoms with E-state index in [9.17, 15) is 9.59 Å². The third-order valence-electron chi connectivity index (χ3n) is 3.09. The van der Waals surface area contributed by atoms with E-state index < -0.39 is 5.97 Å². The standard InChI is InChI=1S/C17H24N2O4S/c1-12(2)9-10-23-14-6-4-5-13(11-14)18-17(24)19-15(20)7-8-16(21)22-3/h4-6,11-12H,7-10H2,1-3H3,(H2,18,19,20,24). The molecule has 132 valence electrons. The summed E-state index contributed by atoms with van der Waals surface area (Å²) in [5.74, 6) is 0.539. The summed E-state index contributed by atoms with van der Waals surface area (Å²) in [7, 11) is 1.28. The summed E-state index contributed by atoms with van der Waals surface area (Å²) in [5.41, 5.74) is 0.718. The van der Waals surface area contributed by atoms with Crippen LogP contribution in [0.4, 0.5) is 5.69 Å². The highest BCUT2D eigenvalue weighted by atomic mass is 32.1. The van der Waals surface area contributed by atoms with Crippen molar-refractivity contribution in [2.75, 3.05) is 19.0 Å². The number of hydrogen-bond donors (Lipinski definition) is 2. The summed E-state index contributed by atoms with van der Waals surface area (Å²) in [6, 6.07) is 7.34. The lowest BCUT2D eigenvalue weighted by Crippen LogP contribution is -2.34. The van der Waals surface area contributed by atoms with Crippen LogP contribution in [0.2, 0.25) is 0 Å². The van der Waals surface area contributed by atoms with Gasteiger partial charge in [0.05, 0.1) is 20.1 Å². The van der Waals surface area contributed by atoms with Gasteiger partial charge in [0.2, 0.25) is 5.91 Å². The van der Waals surface area contributed by atoms with E-state index in [1.54, 1.807) is 0 Å². The molecule has 0 radical (unpaired) electrons. The highest BCUT2D eigenvalue weighted by Gasteiger charge is 2.09. The maximum atomic E-state index is 11.7. The van der Waals surface area contributed by atoms with E-state index in [-0.39, 0.29) is 23.9 Å². The van der Waals surface area contributed by atoms with Gasteiger partial charge in [0.15, 0.2) is 5.11 Å². The second-order valence-electron chi connectivity index (χ2n) is 5.64. The van der Waals surface area contributed by atoms with Crippen molar-refractivity contribution in [3.63, 3.8) is 0 Å². The van der Waals surface area contributed by atoms with E-state index in [1.807, 2.05) is 24.3 Å². The fourth-order valence-electron chi connectivity index (χ4n) is 1.75. The summed E-state index contributed by atoms with van der Waals surface area (Å²) in [5, 5.41) is 5.61. The minimum atomic E-state index is -0.435. The number of amides is 1. The summed E-state index contributed by atoms with van der Waals surface area (Å²) < 4.78 is 10.2. The first-order valence-electron chi connectivity index (χ1n) is 7.81. The van der Waals surface area contributed by atoms with Crippen LogP contribution in [0.25, 0.3) is 0 Å². The Morgan fingerprint density at radius 2 is 2.00 bits per heavy atom. The van der Waals surface area contributed by atoms with E-state index in [0.717, 1.165) is 17.9 Å². The molecule has 0 aliphatic heterocycles. The van der Waals surface area contributed by atoms with Gasteiger partial charge in [-0.05, 0) is 36.7 Å². The number of nitrogens with one attached hydrogen (secondary N) is 2. The summed E-state index contributed by atoms with van der Waals surface area (Å²) >= 11 is 5.09. The van der Waals surface area contributed by atoms with Crippen LogP contribution in [0.3, 0.4) is 0 Å². The van der Waals surface area contributed by atoms with E-state index >= 15 is 0 Å². The molecule has 0 spiro atoms. The Labute approximate surface area is 147 Å². The van der Waals surface area contributed by atoms with Crippen LogP contribution in [0.15, 0.2) is 24.3 Å². The van der Waals surface area contributed by atoms with Gasteiger partial charge in [0.25, 0.3) is 0 Å². The number of esters is 1. The minimum absolute atomic E-state index is 0.0180. The second-order valence-corrected chi connectivity index (χ2v) is 6.05. The number of benzene rings is 1. The molecule has 0 bridgehead atoms. The molecule has 24 heavy (non-hydrogen) atoms. The third kappa shape index (κ3) is 8.47. The molecule has 0 atom stereocenters. The molecule has 0 aliphatic carbocycles. The van der Waals surface area contributed by atoms with Crippen LogP contribution < -0.4 is 15.4 Å². The first kappa shape index (κ1) is 19.9. The Bertz CT molecular complexity index is 575. The molecule has 1 aromatic carbocycles. The van der Waals surface area contributed by atoms with Crippen molar-refractivity contribution in [1.29, 1.82) is 0 Å². The van der Waals surface area contributed by atoms with E-state index in [2.05, 4.69) is 29.2 Å². The number of methoxy groups -OCH3 is 1. The largest absolute Gasteiger partial charge is 0.494 e. The smallest absolute Gasteiger partial charge is 0.306 e. The van der Waals surface area contributed by atoms with Crippen LogP contribution in [-0.4, -0.2) is 30.7 Å². The highest BCUT2D eigenvalue weighted by molar-refractivity contribution is 7.80. The average Bonchev–Trinajstić information content (AvgIpc) is 2.52. The van der Waals surface area contributed by atoms with Gasteiger partial charge < -0.3 is 20.1 Å². The van der Waals surface area contributed by atoms with E-state index in [0.29, 0.717) is 12.5 Å². The van der Waals surface area contributed by atoms with Crippen LogP contribution in [0.5, 0.6) is 5.75 Å². The average molecular weight is 352 g/mol. The van der Waals surface area contributed by atoms with Gasteiger partial charge in [-0.25, -0.2) is 0 Å². The molecule has 0 fully saturated rings. The molecular formula is C17H24N2O4S. The van der Waals surface area contributed by atoms with Gasteiger partial charge in [-0.1, -0.05) is 19.9 Å². The molecule has 0 aliphatic rings. The van der Waals surface area contributed by atoms with E-state index in [4.69, 9.17) is 17.0 Å². The maximum absolute atomic E-state index is 11.7. The lowest BCUT2D eigenvalue weighted by Gasteiger charge is -2.12. The summed E-state index contributed by atoms with van der Waals surface area (Å²) in [4.78, 5) is 22.7. The van der Waals surface area contributed by atoms with Crippen molar-refractivity contribution in [3.8, 4) is 5.75 Å². The van der Waals surface area contributed by atoms with Crippen LogP contribution in [0, 0.1) is 5.92 Å². The zero-order chi connectivity index (χ0) is 17.9. The number of carbonyl (C=O) groups is 2. The van der Waals surface area contributed by atoms with Gasteiger partial charge in [0, 0.05) is 18.2 Å². The molecule has 2 N–H and O–H groups in total. The molecule has 6 nitrogen and oxygen atoms in total. The zero-order valence-corrected chi connectivity index (χ0v) is 15.1. The van der Waals surface area contributed by atoms with Crippen molar-refractivity contribution < 1.29 is 19.1 Å². The van der Waals surface area contributed by atoms with Gasteiger partial charge in [-0.3, -0.25) is 9.59 Å². The topological polar surface area (TPSA) is 76.7 Å². The number of thiocarbonyl (C=S) groups is 1. The summed E-state index contributed by atoms with van der Waals surface area (Å²) in [6.45, 7) is 4.93. The number of carbonyl (C=O) groups excluding carboxylic acids is 2. The molecule has 1 aromatic rings. The molecule has 0 saturated carbocycles. The molecule has 0 unspecified atom stereocenters. The second kappa shape index (κ2) is 10.6. The predicted molar refractivity (Wildman–Crippen MR) is 97.0 cm³/mol. The normalized spacial score (nSPS) is 10.2. The van der Waals surface area contributed by atoms with Gasteiger partial charge >= 0.3 is 5.97 Å². The SMILES string of the molecule is COC(=O)CCC(=O)NC(=S)Nc1cccc(OCCC(C)C)c1. The predicted octanol–water partition coefficient (Wildman–Crippen LogP) is 2.88. The molecular weight excluding hydrogens is 328 g/mol. The third-order valence-corrected chi connectivity index (χ3v) is 3.30. The van der Waals surface area contributed by atoms with Crippen molar-refractivity contribution >= 4 is 34.9 Å². The Hall–Kier alpha value is -2.15. The summed E-state index contributed by atoms with van der Waals surface area (Å²) in [6.07, 6.45) is 1.02. The monoisotopic (exact) mass is 352 g/mol. The number of anilines is 1. The molecule has 7 heteroatoms. The Balaban J connectivity index is 2.43. The molecule has 1 rings (SSSR count). The van der Waals surface area contributed by atoms with Crippen LogP contribution >= 0.6 is 12.2 Å². The molecule has 0 aromatic heterocycles. The molecule has 0 saturated heterocycles. The van der Waals surface area contributed by atoms with Crippen molar-refractivity contribution in [3.05, 3.63) is 24.3 Å². The van der Waals surface area contributed by atoms with Gasteiger partial charge in [-0.15, -0.1) is 0 Å². The number of hydrogen-bond acceptors (Lipinski definition) is 5. The lowest BCUT2D eigenvalue weighted by atomic mass is 10.1. The van der Waals surface area contributed by atoms with Gasteiger partial charge in [0.1, 0.15) is 5.75 Å². The zero-order valence-electron chi connectivity index (χ0n) is 14.3. The number of rotatable bonds is 8. The Kier molecular flexibility index (Phi) is 8.78. The fraction of sp³-hybridized carbons (Fsp3) is 0.471. The van der Waals surface area contributed by atoms with Crippen LogP contribution in [-0.2, 0) is 14.3 Å². The van der Waals surface area contributed by atoms with Crippen LogP contribution in [0.1, 0.15) is 33.1 Å². The van der Waals surface area contributed by atoms with Crippen molar-refractivity contribution in [2.24, 2.45) is 5.92 Å². The lowest BCUT2D eigenvalue weighted by molar-refractivity contribution is -0.142. The maximum Gasteiger partial charge on any atom is 0.306 e. The Morgan fingerprint density at radius 3 is 2.67 bits per heavy atom. The minimum Gasteiger partial charge on any atom is -0.494 e. The fourth-order valence-corrected chi connectivity index (χ4v) is 1.98. The molecule has 0 heterocycles.